The molecule has 0 saturated carbocycles. The fourth-order valence-corrected chi connectivity index (χ4v) is 3.80. The molecule has 2 aromatic rings. The fraction of sp³-hybridized carbons (Fsp3) is 0.588. The summed E-state index contributed by atoms with van der Waals surface area (Å²) in [5.41, 5.74) is 1.29. The van der Waals surface area contributed by atoms with Crippen molar-refractivity contribution in [2.45, 2.75) is 38.6 Å². The third-order valence-electron chi connectivity index (χ3n) is 5.25. The summed E-state index contributed by atoms with van der Waals surface area (Å²) in [5.74, 6) is 1.03. The predicted molar refractivity (Wildman–Crippen MR) is 93.5 cm³/mol. The average Bonchev–Trinajstić information content (AvgIpc) is 3.01. The van der Waals surface area contributed by atoms with Crippen molar-refractivity contribution in [1.82, 2.24) is 35.1 Å². The molecule has 2 saturated heterocycles. The second-order valence-electron chi connectivity index (χ2n) is 7.10. The number of carbonyl (C=O) groups is 2. The van der Waals surface area contributed by atoms with E-state index in [0.29, 0.717) is 44.1 Å². The first-order chi connectivity index (χ1) is 12.5. The lowest BCUT2D eigenvalue weighted by molar-refractivity contribution is -0.138. The SMILES string of the molecule is Cc1cc(C)n2nc(CC(=O)N3CCC4(CC3)NCCNC4=O)nc2n1. The van der Waals surface area contributed by atoms with Gasteiger partial charge in [-0.2, -0.15) is 4.98 Å². The highest BCUT2D eigenvalue weighted by molar-refractivity contribution is 5.87. The van der Waals surface area contributed by atoms with Crippen LogP contribution in [0.5, 0.6) is 0 Å². The Morgan fingerprint density at radius 1 is 1.23 bits per heavy atom. The van der Waals surface area contributed by atoms with Crippen molar-refractivity contribution in [3.63, 3.8) is 0 Å². The first-order valence-electron chi connectivity index (χ1n) is 8.98. The van der Waals surface area contributed by atoms with E-state index in [1.165, 1.54) is 0 Å². The number of carbonyl (C=O) groups excluding carboxylic acids is 2. The van der Waals surface area contributed by atoms with E-state index in [0.717, 1.165) is 17.9 Å². The molecule has 9 heteroatoms. The Bertz CT molecular complexity index is 867. The van der Waals surface area contributed by atoms with Crippen LogP contribution in [0.2, 0.25) is 0 Å². The van der Waals surface area contributed by atoms with Crippen LogP contribution in [0.25, 0.3) is 5.78 Å². The van der Waals surface area contributed by atoms with Crippen LogP contribution in [0, 0.1) is 13.8 Å². The van der Waals surface area contributed by atoms with E-state index >= 15 is 0 Å². The maximum absolute atomic E-state index is 12.6. The molecule has 2 fully saturated rings. The summed E-state index contributed by atoms with van der Waals surface area (Å²) in [7, 11) is 0. The van der Waals surface area contributed by atoms with Gasteiger partial charge in [0.1, 0.15) is 5.54 Å². The quantitative estimate of drug-likeness (QED) is 0.741. The Balaban J connectivity index is 1.43. The van der Waals surface area contributed by atoms with E-state index in [-0.39, 0.29) is 18.2 Å². The minimum Gasteiger partial charge on any atom is -0.353 e. The Hall–Kier alpha value is -2.55. The fourth-order valence-electron chi connectivity index (χ4n) is 3.80. The van der Waals surface area contributed by atoms with Gasteiger partial charge in [0.15, 0.2) is 5.82 Å². The zero-order chi connectivity index (χ0) is 18.3. The number of amides is 2. The largest absolute Gasteiger partial charge is 0.353 e. The van der Waals surface area contributed by atoms with Crippen LogP contribution in [0.15, 0.2) is 6.07 Å². The van der Waals surface area contributed by atoms with Crippen molar-refractivity contribution in [3.8, 4) is 0 Å². The topological polar surface area (TPSA) is 105 Å². The van der Waals surface area contributed by atoms with Gasteiger partial charge in [-0.1, -0.05) is 0 Å². The molecule has 0 radical (unpaired) electrons. The lowest BCUT2D eigenvalue weighted by atomic mass is 9.85. The lowest BCUT2D eigenvalue weighted by Crippen LogP contribution is -2.67. The summed E-state index contributed by atoms with van der Waals surface area (Å²) in [5, 5.41) is 10.7. The molecule has 138 valence electrons. The van der Waals surface area contributed by atoms with Gasteiger partial charge >= 0.3 is 0 Å². The zero-order valence-electron chi connectivity index (χ0n) is 15.1. The number of rotatable bonds is 2. The smallest absolute Gasteiger partial charge is 0.252 e. The third kappa shape index (κ3) is 2.92. The molecule has 2 N–H and O–H groups in total. The number of nitrogens with zero attached hydrogens (tertiary/aromatic N) is 5. The first-order valence-corrected chi connectivity index (χ1v) is 8.98. The second-order valence-corrected chi connectivity index (χ2v) is 7.10. The molecule has 9 nitrogen and oxygen atoms in total. The van der Waals surface area contributed by atoms with Gasteiger partial charge in [0.2, 0.25) is 11.8 Å². The Morgan fingerprint density at radius 3 is 2.73 bits per heavy atom. The van der Waals surface area contributed by atoms with Crippen molar-refractivity contribution in [1.29, 1.82) is 0 Å². The number of hydrogen-bond donors (Lipinski definition) is 2. The molecule has 2 aliphatic heterocycles. The van der Waals surface area contributed by atoms with Crippen LogP contribution in [0.4, 0.5) is 0 Å². The number of hydrogen-bond acceptors (Lipinski definition) is 6. The predicted octanol–water partition coefficient (Wildman–Crippen LogP) is -0.636. The Morgan fingerprint density at radius 2 is 2.00 bits per heavy atom. The van der Waals surface area contributed by atoms with Crippen LogP contribution in [0.1, 0.15) is 30.1 Å². The molecule has 0 bridgehead atoms. The molecule has 2 aromatic heterocycles. The van der Waals surface area contributed by atoms with Crippen LogP contribution in [-0.2, 0) is 16.0 Å². The minimum absolute atomic E-state index is 0.0126. The van der Waals surface area contributed by atoms with E-state index in [4.69, 9.17) is 0 Å². The zero-order valence-corrected chi connectivity index (χ0v) is 15.1. The highest BCUT2D eigenvalue weighted by atomic mass is 16.2. The first kappa shape index (κ1) is 16.9. The maximum Gasteiger partial charge on any atom is 0.252 e. The van der Waals surface area contributed by atoms with Crippen LogP contribution in [-0.4, -0.2) is 68.0 Å². The average molecular weight is 357 g/mol. The summed E-state index contributed by atoms with van der Waals surface area (Å²) in [4.78, 5) is 35.4. The van der Waals surface area contributed by atoms with Gasteiger partial charge in [0.25, 0.3) is 5.78 Å². The van der Waals surface area contributed by atoms with Crippen molar-refractivity contribution in [2.75, 3.05) is 26.2 Å². The van der Waals surface area contributed by atoms with Gasteiger partial charge in [0, 0.05) is 37.6 Å². The molecule has 4 heterocycles. The minimum atomic E-state index is -0.519. The number of fused-ring (bicyclic) bond motifs is 1. The van der Waals surface area contributed by atoms with Crippen molar-refractivity contribution in [2.24, 2.45) is 0 Å². The van der Waals surface area contributed by atoms with Gasteiger partial charge < -0.3 is 15.5 Å². The summed E-state index contributed by atoms with van der Waals surface area (Å²) < 4.78 is 1.66. The standard InChI is InChI=1S/C17H23N7O2/c1-11-9-12(2)24-16(20-11)21-13(22-24)10-14(25)23-7-3-17(4-8-23)15(26)18-5-6-19-17/h9,19H,3-8,10H2,1-2H3,(H,18,26). The summed E-state index contributed by atoms with van der Waals surface area (Å²) in [6, 6.07) is 1.93. The molecule has 4 rings (SSSR count). The third-order valence-corrected chi connectivity index (χ3v) is 5.25. The van der Waals surface area contributed by atoms with E-state index in [2.05, 4.69) is 25.7 Å². The second kappa shape index (κ2) is 6.31. The maximum atomic E-state index is 12.6. The highest BCUT2D eigenvalue weighted by Crippen LogP contribution is 2.24. The van der Waals surface area contributed by atoms with Crippen LogP contribution >= 0.6 is 0 Å². The van der Waals surface area contributed by atoms with E-state index in [1.807, 2.05) is 19.9 Å². The van der Waals surface area contributed by atoms with E-state index in [9.17, 15) is 9.59 Å². The van der Waals surface area contributed by atoms with E-state index in [1.54, 1.807) is 9.42 Å². The monoisotopic (exact) mass is 357 g/mol. The number of likely N-dealkylation sites (tertiary alicyclic amines) is 1. The van der Waals surface area contributed by atoms with Gasteiger partial charge in [0.05, 0.1) is 6.42 Å². The summed E-state index contributed by atoms with van der Waals surface area (Å²) in [6.07, 6.45) is 1.40. The molecule has 2 amide bonds. The molecule has 0 aliphatic carbocycles. The number of aromatic nitrogens is 4. The summed E-state index contributed by atoms with van der Waals surface area (Å²) in [6.45, 7) is 6.40. The Labute approximate surface area is 151 Å². The normalized spacial score (nSPS) is 19.8. The van der Waals surface area contributed by atoms with Gasteiger partial charge in [-0.15, -0.1) is 5.10 Å². The van der Waals surface area contributed by atoms with Crippen LogP contribution in [0.3, 0.4) is 0 Å². The van der Waals surface area contributed by atoms with Gasteiger partial charge in [-0.25, -0.2) is 9.50 Å². The molecule has 0 unspecified atom stereocenters. The van der Waals surface area contributed by atoms with Gasteiger partial charge in [-0.3, -0.25) is 9.59 Å². The number of piperidine rings is 1. The van der Waals surface area contributed by atoms with Crippen molar-refractivity contribution in [3.05, 3.63) is 23.3 Å². The molecule has 1 spiro atoms. The summed E-state index contributed by atoms with van der Waals surface area (Å²) >= 11 is 0. The number of piperazine rings is 1. The molecular formula is C17H23N7O2. The highest BCUT2D eigenvalue weighted by Gasteiger charge is 2.43. The van der Waals surface area contributed by atoms with Gasteiger partial charge in [-0.05, 0) is 32.8 Å². The molecule has 26 heavy (non-hydrogen) atoms. The molecule has 0 aromatic carbocycles. The number of nitrogens with one attached hydrogen (secondary N) is 2. The number of aryl methyl sites for hydroxylation is 2. The van der Waals surface area contributed by atoms with Crippen molar-refractivity contribution < 1.29 is 9.59 Å². The van der Waals surface area contributed by atoms with Crippen LogP contribution < -0.4 is 10.6 Å². The molecule has 0 atom stereocenters. The Kier molecular flexibility index (Phi) is 4.10. The van der Waals surface area contributed by atoms with E-state index < -0.39 is 5.54 Å². The molecule has 2 aliphatic rings. The lowest BCUT2D eigenvalue weighted by Gasteiger charge is -2.43. The van der Waals surface area contributed by atoms with Crippen molar-refractivity contribution >= 4 is 17.6 Å². The molecular weight excluding hydrogens is 334 g/mol.